The SMILES string of the molecule is CCCNC(CC1CCOCC1)CC1CCS(=O)(=O)C1. The van der Waals surface area contributed by atoms with Crippen LogP contribution in [0.25, 0.3) is 0 Å². The maximum absolute atomic E-state index is 11.6. The van der Waals surface area contributed by atoms with Crippen LogP contribution in [0.3, 0.4) is 0 Å². The summed E-state index contributed by atoms with van der Waals surface area (Å²) in [7, 11) is -2.74. The van der Waals surface area contributed by atoms with Gasteiger partial charge in [0.05, 0.1) is 11.5 Å². The van der Waals surface area contributed by atoms with Crippen LogP contribution in [-0.4, -0.2) is 45.7 Å². The Balaban J connectivity index is 1.82. The zero-order valence-electron chi connectivity index (χ0n) is 12.6. The molecule has 0 aromatic carbocycles. The van der Waals surface area contributed by atoms with Crippen LogP contribution in [0.1, 0.15) is 45.4 Å². The minimum absolute atomic E-state index is 0.370. The zero-order chi connectivity index (χ0) is 14.4. The van der Waals surface area contributed by atoms with Gasteiger partial charge in [-0.3, -0.25) is 0 Å². The van der Waals surface area contributed by atoms with E-state index >= 15 is 0 Å². The third-order valence-corrected chi connectivity index (χ3v) is 6.42. The lowest BCUT2D eigenvalue weighted by Crippen LogP contribution is -2.35. The normalized spacial score (nSPS) is 28.6. The first kappa shape index (κ1) is 16.2. The van der Waals surface area contributed by atoms with E-state index in [1.165, 1.54) is 6.42 Å². The quantitative estimate of drug-likeness (QED) is 0.781. The second-order valence-corrected chi connectivity index (χ2v) is 8.68. The molecule has 0 radical (unpaired) electrons. The number of hydrogen-bond acceptors (Lipinski definition) is 4. The van der Waals surface area contributed by atoms with Crippen LogP contribution in [0, 0.1) is 11.8 Å². The van der Waals surface area contributed by atoms with Crippen molar-refractivity contribution in [3.05, 3.63) is 0 Å². The molecule has 118 valence electrons. The van der Waals surface area contributed by atoms with Gasteiger partial charge in [0.15, 0.2) is 9.84 Å². The molecule has 20 heavy (non-hydrogen) atoms. The van der Waals surface area contributed by atoms with Crippen LogP contribution in [0.2, 0.25) is 0 Å². The Hall–Kier alpha value is -0.130. The first-order valence-electron chi connectivity index (χ1n) is 8.10. The Bertz CT molecular complexity index is 377. The summed E-state index contributed by atoms with van der Waals surface area (Å²) in [4.78, 5) is 0. The summed E-state index contributed by atoms with van der Waals surface area (Å²) in [6.45, 7) is 5.00. The van der Waals surface area contributed by atoms with Crippen molar-refractivity contribution in [1.29, 1.82) is 0 Å². The first-order chi connectivity index (χ1) is 9.59. The number of ether oxygens (including phenoxy) is 1. The summed E-state index contributed by atoms with van der Waals surface area (Å²) in [6, 6.07) is 0.483. The van der Waals surface area contributed by atoms with Crippen molar-refractivity contribution < 1.29 is 13.2 Å². The van der Waals surface area contributed by atoms with Crippen LogP contribution in [0.15, 0.2) is 0 Å². The second-order valence-electron chi connectivity index (χ2n) is 6.45. The van der Waals surface area contributed by atoms with Gasteiger partial charge in [0.25, 0.3) is 0 Å². The molecule has 2 aliphatic rings. The van der Waals surface area contributed by atoms with Gasteiger partial charge in [-0.25, -0.2) is 8.42 Å². The summed E-state index contributed by atoms with van der Waals surface area (Å²) in [5.41, 5.74) is 0. The van der Waals surface area contributed by atoms with E-state index in [9.17, 15) is 8.42 Å². The third kappa shape index (κ3) is 5.34. The molecule has 0 amide bonds. The van der Waals surface area contributed by atoms with Crippen LogP contribution in [0.5, 0.6) is 0 Å². The predicted octanol–water partition coefficient (Wildman–Crippen LogP) is 2.00. The molecule has 4 nitrogen and oxygen atoms in total. The lowest BCUT2D eigenvalue weighted by atomic mass is 9.88. The van der Waals surface area contributed by atoms with E-state index in [4.69, 9.17) is 4.74 Å². The Morgan fingerprint density at radius 1 is 1.15 bits per heavy atom. The molecular weight excluding hydrogens is 274 g/mol. The van der Waals surface area contributed by atoms with Crippen molar-refractivity contribution in [2.24, 2.45) is 11.8 Å². The van der Waals surface area contributed by atoms with Gasteiger partial charge in [-0.05, 0) is 56.9 Å². The summed E-state index contributed by atoms with van der Waals surface area (Å²) in [5.74, 6) is 1.92. The molecule has 2 rings (SSSR count). The van der Waals surface area contributed by atoms with Gasteiger partial charge >= 0.3 is 0 Å². The summed E-state index contributed by atoms with van der Waals surface area (Å²) < 4.78 is 28.6. The van der Waals surface area contributed by atoms with Crippen LogP contribution in [-0.2, 0) is 14.6 Å². The third-order valence-electron chi connectivity index (χ3n) is 4.59. The number of hydrogen-bond donors (Lipinski definition) is 1. The fourth-order valence-corrected chi connectivity index (χ4v) is 5.34. The molecule has 2 aliphatic heterocycles. The van der Waals surface area contributed by atoms with Crippen LogP contribution in [0.4, 0.5) is 0 Å². The molecule has 2 saturated heterocycles. The second kappa shape index (κ2) is 7.76. The van der Waals surface area contributed by atoms with Crippen LogP contribution >= 0.6 is 0 Å². The molecule has 0 aromatic rings. The topological polar surface area (TPSA) is 55.4 Å². The summed E-state index contributed by atoms with van der Waals surface area (Å²) >= 11 is 0. The van der Waals surface area contributed by atoms with E-state index in [1.807, 2.05) is 0 Å². The van der Waals surface area contributed by atoms with E-state index in [0.717, 1.165) is 57.8 Å². The highest BCUT2D eigenvalue weighted by molar-refractivity contribution is 7.91. The van der Waals surface area contributed by atoms with Crippen molar-refractivity contribution in [2.45, 2.75) is 51.5 Å². The molecule has 1 N–H and O–H groups in total. The van der Waals surface area contributed by atoms with Gasteiger partial charge in [0.1, 0.15) is 0 Å². The summed E-state index contributed by atoms with van der Waals surface area (Å²) in [5, 5.41) is 3.64. The molecular formula is C15H29NO3S. The van der Waals surface area contributed by atoms with Gasteiger partial charge in [-0.15, -0.1) is 0 Å². The average molecular weight is 303 g/mol. The lowest BCUT2D eigenvalue weighted by molar-refractivity contribution is 0.0596. The monoisotopic (exact) mass is 303 g/mol. The highest BCUT2D eigenvalue weighted by Gasteiger charge is 2.30. The molecule has 2 atom stereocenters. The van der Waals surface area contributed by atoms with E-state index in [1.54, 1.807) is 0 Å². The number of rotatable bonds is 7. The van der Waals surface area contributed by atoms with Crippen LogP contribution < -0.4 is 5.32 Å². The van der Waals surface area contributed by atoms with E-state index in [2.05, 4.69) is 12.2 Å². The molecule has 0 saturated carbocycles. The predicted molar refractivity (Wildman–Crippen MR) is 81.6 cm³/mol. The van der Waals surface area contributed by atoms with Crippen molar-refractivity contribution in [2.75, 3.05) is 31.3 Å². The minimum Gasteiger partial charge on any atom is -0.381 e. The largest absolute Gasteiger partial charge is 0.381 e. The molecule has 0 spiro atoms. The van der Waals surface area contributed by atoms with E-state index in [-0.39, 0.29) is 0 Å². The van der Waals surface area contributed by atoms with Gasteiger partial charge in [0.2, 0.25) is 0 Å². The maximum Gasteiger partial charge on any atom is 0.150 e. The standard InChI is InChI=1S/C15H29NO3S/c1-2-6-16-15(10-13-3-7-19-8-4-13)11-14-5-9-20(17,18)12-14/h13-16H,2-12H2,1H3. The lowest BCUT2D eigenvalue weighted by Gasteiger charge is -2.28. The highest BCUT2D eigenvalue weighted by atomic mass is 32.2. The smallest absolute Gasteiger partial charge is 0.150 e. The van der Waals surface area contributed by atoms with Crippen molar-refractivity contribution >= 4 is 9.84 Å². The number of sulfone groups is 1. The molecule has 0 aromatic heterocycles. The molecule has 2 unspecified atom stereocenters. The van der Waals surface area contributed by atoms with E-state index < -0.39 is 9.84 Å². The molecule has 5 heteroatoms. The van der Waals surface area contributed by atoms with Crippen molar-refractivity contribution in [1.82, 2.24) is 5.32 Å². The average Bonchev–Trinajstić information content (AvgIpc) is 2.76. The van der Waals surface area contributed by atoms with Gasteiger partial charge in [-0.2, -0.15) is 0 Å². The highest BCUT2D eigenvalue weighted by Crippen LogP contribution is 2.27. The Kier molecular flexibility index (Phi) is 6.30. The van der Waals surface area contributed by atoms with E-state index in [0.29, 0.717) is 23.5 Å². The van der Waals surface area contributed by atoms with Crippen molar-refractivity contribution in [3.8, 4) is 0 Å². The van der Waals surface area contributed by atoms with Crippen molar-refractivity contribution in [3.63, 3.8) is 0 Å². The molecule has 0 aliphatic carbocycles. The Labute approximate surface area is 123 Å². The van der Waals surface area contributed by atoms with Gasteiger partial charge in [0, 0.05) is 19.3 Å². The maximum atomic E-state index is 11.6. The fourth-order valence-electron chi connectivity index (χ4n) is 3.46. The van der Waals surface area contributed by atoms with Gasteiger partial charge < -0.3 is 10.1 Å². The van der Waals surface area contributed by atoms with Gasteiger partial charge in [-0.1, -0.05) is 6.92 Å². The Morgan fingerprint density at radius 3 is 2.45 bits per heavy atom. The zero-order valence-corrected chi connectivity index (χ0v) is 13.5. The fraction of sp³-hybridized carbons (Fsp3) is 1.00. The minimum atomic E-state index is -2.74. The Morgan fingerprint density at radius 2 is 1.85 bits per heavy atom. The summed E-state index contributed by atoms with van der Waals surface area (Å²) in [6.07, 6.45) is 6.52. The molecule has 2 heterocycles. The molecule has 2 fully saturated rings. The number of nitrogens with one attached hydrogen (secondary N) is 1. The first-order valence-corrected chi connectivity index (χ1v) is 9.92. The molecule has 0 bridgehead atoms.